The zero-order chi connectivity index (χ0) is 20.4. The highest BCUT2D eigenvalue weighted by molar-refractivity contribution is 9.10. The van der Waals surface area contributed by atoms with E-state index in [9.17, 15) is 4.79 Å². The quantitative estimate of drug-likeness (QED) is 0.304. The van der Waals surface area contributed by atoms with Crippen molar-refractivity contribution in [1.29, 1.82) is 0 Å². The SMILES string of the molecule is Cc1sc2ncnc(SCC(=O)Nc3ccnn3Cc3ccc(Br)cc3)c2c1C. The summed E-state index contributed by atoms with van der Waals surface area (Å²) in [6, 6.07) is 9.84. The van der Waals surface area contributed by atoms with E-state index in [1.165, 1.54) is 22.2 Å². The molecule has 0 atom stereocenters. The molecule has 0 aliphatic rings. The summed E-state index contributed by atoms with van der Waals surface area (Å²) in [5.74, 6) is 0.849. The third-order valence-electron chi connectivity index (χ3n) is 4.50. The molecule has 3 aromatic heterocycles. The van der Waals surface area contributed by atoms with Crippen LogP contribution in [0.2, 0.25) is 0 Å². The fourth-order valence-electron chi connectivity index (χ4n) is 2.90. The van der Waals surface area contributed by atoms with Crippen molar-refractivity contribution in [3.63, 3.8) is 0 Å². The summed E-state index contributed by atoms with van der Waals surface area (Å²) in [6.45, 7) is 4.74. The number of hydrogen-bond acceptors (Lipinski definition) is 6. The Labute approximate surface area is 184 Å². The van der Waals surface area contributed by atoms with E-state index in [0.717, 1.165) is 25.3 Å². The Morgan fingerprint density at radius 3 is 2.79 bits per heavy atom. The second kappa shape index (κ2) is 8.64. The number of aryl methyl sites for hydroxylation is 2. The second-order valence-electron chi connectivity index (χ2n) is 6.48. The number of thioether (sulfide) groups is 1. The van der Waals surface area contributed by atoms with Gasteiger partial charge in [0.2, 0.25) is 5.91 Å². The molecule has 9 heteroatoms. The number of thiophene rings is 1. The zero-order valence-electron chi connectivity index (χ0n) is 15.8. The second-order valence-corrected chi connectivity index (χ2v) is 9.56. The molecule has 4 aromatic rings. The van der Waals surface area contributed by atoms with E-state index < -0.39 is 0 Å². The fraction of sp³-hybridized carbons (Fsp3) is 0.200. The van der Waals surface area contributed by atoms with Gasteiger partial charge in [-0.3, -0.25) is 4.79 Å². The van der Waals surface area contributed by atoms with Gasteiger partial charge in [-0.1, -0.05) is 39.8 Å². The van der Waals surface area contributed by atoms with Crippen LogP contribution in [0.1, 0.15) is 16.0 Å². The van der Waals surface area contributed by atoms with Crippen LogP contribution in [0.3, 0.4) is 0 Å². The number of halogens is 1. The lowest BCUT2D eigenvalue weighted by Gasteiger charge is -2.09. The van der Waals surface area contributed by atoms with Gasteiger partial charge in [0.15, 0.2) is 0 Å². The minimum absolute atomic E-state index is 0.0936. The van der Waals surface area contributed by atoms with Crippen molar-refractivity contribution in [3.05, 3.63) is 63.3 Å². The normalized spacial score (nSPS) is 11.1. The van der Waals surface area contributed by atoms with Crippen LogP contribution in [0.15, 0.2) is 52.4 Å². The van der Waals surface area contributed by atoms with E-state index in [1.54, 1.807) is 34.6 Å². The number of aromatic nitrogens is 4. The standard InChI is InChI=1S/C20H18BrN5OS2/c1-12-13(2)29-20-18(12)19(22-11-23-20)28-10-17(27)25-16-7-8-24-26(16)9-14-3-5-15(21)6-4-14/h3-8,11H,9-10H2,1-2H3,(H,25,27). The van der Waals surface area contributed by atoms with E-state index in [4.69, 9.17) is 0 Å². The monoisotopic (exact) mass is 487 g/mol. The lowest BCUT2D eigenvalue weighted by atomic mass is 10.2. The molecule has 0 unspecified atom stereocenters. The van der Waals surface area contributed by atoms with E-state index in [1.807, 2.05) is 24.3 Å². The maximum atomic E-state index is 12.5. The molecule has 1 amide bonds. The van der Waals surface area contributed by atoms with Gasteiger partial charge in [-0.15, -0.1) is 11.3 Å². The first-order valence-electron chi connectivity index (χ1n) is 8.91. The molecule has 1 N–H and O–H groups in total. The Morgan fingerprint density at radius 1 is 1.21 bits per heavy atom. The first-order valence-corrected chi connectivity index (χ1v) is 11.5. The van der Waals surface area contributed by atoms with Crippen LogP contribution in [0.25, 0.3) is 10.2 Å². The molecule has 0 saturated carbocycles. The molecule has 4 rings (SSSR count). The Hall–Kier alpha value is -2.23. The number of carbonyl (C=O) groups excluding carboxylic acids is 1. The van der Waals surface area contributed by atoms with Crippen molar-refractivity contribution in [2.75, 3.05) is 11.1 Å². The van der Waals surface area contributed by atoms with Crippen LogP contribution < -0.4 is 5.32 Å². The van der Waals surface area contributed by atoms with Gasteiger partial charge >= 0.3 is 0 Å². The van der Waals surface area contributed by atoms with Crippen molar-refractivity contribution >= 4 is 61.0 Å². The number of carbonyl (C=O) groups is 1. The molecular weight excluding hydrogens is 470 g/mol. The summed E-state index contributed by atoms with van der Waals surface area (Å²) in [5, 5.41) is 9.17. The van der Waals surface area contributed by atoms with Gasteiger partial charge in [-0.05, 0) is 37.1 Å². The minimum Gasteiger partial charge on any atom is -0.310 e. The summed E-state index contributed by atoms with van der Waals surface area (Å²) >= 11 is 6.52. The Balaban J connectivity index is 1.42. The molecule has 0 aliphatic carbocycles. The lowest BCUT2D eigenvalue weighted by molar-refractivity contribution is -0.113. The Kier molecular flexibility index (Phi) is 5.98. The third kappa shape index (κ3) is 4.52. The van der Waals surface area contributed by atoms with E-state index >= 15 is 0 Å². The summed E-state index contributed by atoms with van der Waals surface area (Å²) < 4.78 is 2.81. The number of amides is 1. The largest absolute Gasteiger partial charge is 0.310 e. The molecule has 0 fully saturated rings. The molecule has 3 heterocycles. The maximum absolute atomic E-state index is 12.5. The van der Waals surface area contributed by atoms with Crippen LogP contribution in [-0.2, 0) is 11.3 Å². The Bertz CT molecular complexity index is 1170. The average molecular weight is 488 g/mol. The van der Waals surface area contributed by atoms with Gasteiger partial charge < -0.3 is 5.32 Å². The summed E-state index contributed by atoms with van der Waals surface area (Å²) in [6.07, 6.45) is 3.25. The van der Waals surface area contributed by atoms with E-state index in [0.29, 0.717) is 12.4 Å². The summed E-state index contributed by atoms with van der Waals surface area (Å²) in [7, 11) is 0. The van der Waals surface area contributed by atoms with Gasteiger partial charge in [-0.2, -0.15) is 5.10 Å². The van der Waals surface area contributed by atoms with Crippen LogP contribution in [0.4, 0.5) is 5.82 Å². The fourth-order valence-corrected chi connectivity index (χ4v) is 5.08. The molecule has 0 aliphatic heterocycles. The number of fused-ring (bicyclic) bond motifs is 1. The third-order valence-corrected chi connectivity index (χ3v) is 7.13. The Morgan fingerprint density at radius 2 is 2.00 bits per heavy atom. The maximum Gasteiger partial charge on any atom is 0.235 e. The van der Waals surface area contributed by atoms with Gasteiger partial charge in [0, 0.05) is 20.8 Å². The number of benzene rings is 1. The highest BCUT2D eigenvalue weighted by Gasteiger charge is 2.14. The molecule has 6 nitrogen and oxygen atoms in total. The molecule has 0 bridgehead atoms. The number of hydrogen-bond donors (Lipinski definition) is 1. The number of nitrogens with zero attached hydrogens (tertiary/aromatic N) is 4. The number of nitrogens with one attached hydrogen (secondary N) is 1. The van der Waals surface area contributed by atoms with E-state index in [2.05, 4.69) is 50.2 Å². The van der Waals surface area contributed by atoms with Gasteiger partial charge in [0.25, 0.3) is 0 Å². The first kappa shape index (κ1) is 20.1. The van der Waals surface area contributed by atoms with Crippen molar-refractivity contribution in [1.82, 2.24) is 19.7 Å². The zero-order valence-corrected chi connectivity index (χ0v) is 19.1. The van der Waals surface area contributed by atoms with Crippen LogP contribution in [0.5, 0.6) is 0 Å². The lowest BCUT2D eigenvalue weighted by Crippen LogP contribution is -2.18. The molecular formula is C20H18BrN5OS2. The predicted molar refractivity (Wildman–Crippen MR) is 122 cm³/mol. The summed E-state index contributed by atoms with van der Waals surface area (Å²) in [5.41, 5.74) is 2.29. The average Bonchev–Trinajstić information content (AvgIpc) is 3.26. The van der Waals surface area contributed by atoms with Crippen molar-refractivity contribution in [3.8, 4) is 0 Å². The van der Waals surface area contributed by atoms with Crippen LogP contribution in [-0.4, -0.2) is 31.4 Å². The smallest absolute Gasteiger partial charge is 0.235 e. The summed E-state index contributed by atoms with van der Waals surface area (Å²) in [4.78, 5) is 23.5. The van der Waals surface area contributed by atoms with E-state index in [-0.39, 0.29) is 11.7 Å². The topological polar surface area (TPSA) is 72.7 Å². The predicted octanol–water partition coefficient (Wildman–Crippen LogP) is 5.05. The van der Waals surface area contributed by atoms with Crippen LogP contribution in [0, 0.1) is 13.8 Å². The van der Waals surface area contributed by atoms with Crippen LogP contribution >= 0.6 is 39.0 Å². The molecule has 0 saturated heterocycles. The molecule has 0 spiro atoms. The van der Waals surface area contributed by atoms with Gasteiger partial charge in [0.1, 0.15) is 22.0 Å². The minimum atomic E-state index is -0.0936. The van der Waals surface area contributed by atoms with Crippen molar-refractivity contribution in [2.24, 2.45) is 0 Å². The first-order chi connectivity index (χ1) is 14.0. The molecule has 1 aromatic carbocycles. The highest BCUT2D eigenvalue weighted by Crippen LogP contribution is 2.34. The molecule has 0 radical (unpaired) electrons. The number of rotatable bonds is 6. The van der Waals surface area contributed by atoms with Crippen molar-refractivity contribution in [2.45, 2.75) is 25.4 Å². The highest BCUT2D eigenvalue weighted by atomic mass is 79.9. The molecule has 29 heavy (non-hydrogen) atoms. The van der Waals surface area contributed by atoms with Crippen molar-refractivity contribution < 1.29 is 4.79 Å². The van der Waals surface area contributed by atoms with Gasteiger partial charge in [-0.25, -0.2) is 14.6 Å². The number of anilines is 1. The van der Waals surface area contributed by atoms with Gasteiger partial charge in [0.05, 0.1) is 18.5 Å². The molecule has 148 valence electrons.